The van der Waals surface area contributed by atoms with Crippen LogP contribution in [0.3, 0.4) is 0 Å². The Hall–Kier alpha value is -3.01. The molecule has 0 spiro atoms. The second-order valence-electron chi connectivity index (χ2n) is 8.62. The summed E-state index contributed by atoms with van der Waals surface area (Å²) in [6.07, 6.45) is -2.27. The number of methoxy groups -OCH3 is 1. The first-order chi connectivity index (χ1) is 14.6. The van der Waals surface area contributed by atoms with Gasteiger partial charge in [0.1, 0.15) is 28.5 Å². The monoisotopic (exact) mass is 471 g/mol. The van der Waals surface area contributed by atoms with Crippen LogP contribution in [-0.2, 0) is 9.47 Å². The van der Waals surface area contributed by atoms with Crippen LogP contribution in [0.1, 0.15) is 41.5 Å². The van der Waals surface area contributed by atoms with Gasteiger partial charge in [0.15, 0.2) is 11.6 Å². The zero-order valence-electron chi connectivity index (χ0n) is 18.7. The Kier molecular flexibility index (Phi) is 7.29. The number of nitrogens with zero attached hydrogens (tertiary/aromatic N) is 3. The number of carbonyl (C=O) groups excluding carboxylic acids is 2. The number of benzene rings is 1. The zero-order chi connectivity index (χ0) is 24.4. The maximum atomic E-state index is 14.5. The topological polar surface area (TPSA) is 90.9 Å². The van der Waals surface area contributed by atoms with E-state index in [0.29, 0.717) is 11.0 Å². The average molecular weight is 472 g/mol. The molecule has 0 unspecified atom stereocenters. The second kappa shape index (κ2) is 9.23. The second-order valence-corrected chi connectivity index (χ2v) is 8.96. The van der Waals surface area contributed by atoms with Crippen LogP contribution >= 0.6 is 11.6 Å². The summed E-state index contributed by atoms with van der Waals surface area (Å²) < 4.78 is 43.8. The molecule has 0 atom stereocenters. The third-order valence-corrected chi connectivity index (χ3v) is 3.74. The number of imide groups is 1. The van der Waals surface area contributed by atoms with Gasteiger partial charge in [0.2, 0.25) is 5.28 Å². The summed E-state index contributed by atoms with van der Waals surface area (Å²) in [4.78, 5) is 34.3. The van der Waals surface area contributed by atoms with Crippen molar-refractivity contribution in [3.05, 3.63) is 35.1 Å². The fourth-order valence-electron chi connectivity index (χ4n) is 2.48. The molecule has 0 aliphatic carbocycles. The van der Waals surface area contributed by atoms with E-state index < -0.39 is 46.1 Å². The van der Waals surface area contributed by atoms with Crippen LogP contribution in [-0.4, -0.2) is 40.5 Å². The molecule has 0 aliphatic rings. The van der Waals surface area contributed by atoms with Gasteiger partial charge in [-0.25, -0.2) is 23.4 Å². The normalized spacial score (nSPS) is 11.7. The molecule has 2 rings (SSSR count). The van der Waals surface area contributed by atoms with Gasteiger partial charge in [0, 0.05) is 11.6 Å². The molecule has 2 amide bonds. The van der Waals surface area contributed by atoms with Crippen LogP contribution in [0.4, 0.5) is 24.2 Å². The largest absolute Gasteiger partial charge is 0.491 e. The van der Waals surface area contributed by atoms with Crippen LogP contribution in [0.15, 0.2) is 18.2 Å². The van der Waals surface area contributed by atoms with E-state index in [2.05, 4.69) is 9.97 Å². The summed E-state index contributed by atoms with van der Waals surface area (Å²) in [7, 11) is 1.20. The summed E-state index contributed by atoms with van der Waals surface area (Å²) in [5.74, 6) is -2.49. The summed E-state index contributed by atoms with van der Waals surface area (Å²) >= 11 is 6.03. The standard InChI is InChI=1S/C21H24ClF2N3O5/c1-20(2,3)31-18(28)27(19(29)32-21(4,5)6)16-15(30-7)14(25-17(22)26-16)12-9-8-11(23)10-13(12)24/h8-10H,1-7H3. The lowest BCUT2D eigenvalue weighted by Gasteiger charge is -2.29. The maximum absolute atomic E-state index is 14.5. The number of ether oxygens (including phenoxy) is 3. The number of anilines is 1. The molecule has 2 aromatic rings. The molecule has 0 saturated heterocycles. The van der Waals surface area contributed by atoms with E-state index in [1.165, 1.54) is 7.11 Å². The van der Waals surface area contributed by atoms with Crippen molar-refractivity contribution in [2.45, 2.75) is 52.7 Å². The van der Waals surface area contributed by atoms with E-state index in [-0.39, 0.29) is 17.0 Å². The highest BCUT2D eigenvalue weighted by atomic mass is 35.5. The molecule has 0 bridgehead atoms. The molecule has 0 radical (unpaired) electrons. The molecule has 8 nitrogen and oxygen atoms in total. The number of halogens is 3. The average Bonchev–Trinajstić information content (AvgIpc) is 2.58. The minimum Gasteiger partial charge on any atom is -0.491 e. The predicted molar refractivity (Wildman–Crippen MR) is 114 cm³/mol. The number of hydrogen-bond donors (Lipinski definition) is 0. The summed E-state index contributed by atoms with van der Waals surface area (Å²) in [5, 5.41) is -0.434. The summed E-state index contributed by atoms with van der Waals surface area (Å²) in [6.45, 7) is 9.59. The van der Waals surface area contributed by atoms with Crippen LogP contribution in [0.5, 0.6) is 5.75 Å². The molecule has 32 heavy (non-hydrogen) atoms. The number of carbonyl (C=O) groups is 2. The third kappa shape index (κ3) is 6.25. The van der Waals surface area contributed by atoms with E-state index in [9.17, 15) is 18.4 Å². The van der Waals surface area contributed by atoms with Crippen LogP contribution in [0.25, 0.3) is 11.3 Å². The SMILES string of the molecule is COc1c(-c2ccc(F)cc2F)nc(Cl)nc1N(C(=O)OC(C)(C)C)C(=O)OC(C)(C)C. The minimum atomic E-state index is -1.13. The molecule has 0 saturated carbocycles. The molecule has 0 fully saturated rings. The van der Waals surface area contributed by atoms with Gasteiger partial charge < -0.3 is 14.2 Å². The Balaban J connectivity index is 2.75. The molecule has 1 heterocycles. The van der Waals surface area contributed by atoms with Gasteiger partial charge in [-0.3, -0.25) is 0 Å². The molecule has 0 N–H and O–H groups in total. The summed E-state index contributed by atoms with van der Waals surface area (Å²) in [6, 6.07) is 2.76. The zero-order valence-corrected chi connectivity index (χ0v) is 19.5. The highest BCUT2D eigenvalue weighted by Gasteiger charge is 2.37. The van der Waals surface area contributed by atoms with Gasteiger partial charge >= 0.3 is 12.2 Å². The highest BCUT2D eigenvalue weighted by Crippen LogP contribution is 2.39. The van der Waals surface area contributed by atoms with Crippen molar-refractivity contribution in [2.24, 2.45) is 0 Å². The number of aromatic nitrogens is 2. The van der Waals surface area contributed by atoms with Gasteiger partial charge in [0.05, 0.1) is 7.11 Å². The molecule has 1 aromatic heterocycles. The lowest BCUT2D eigenvalue weighted by atomic mass is 10.1. The quantitative estimate of drug-likeness (QED) is 0.525. The van der Waals surface area contributed by atoms with E-state index in [0.717, 1.165) is 12.1 Å². The van der Waals surface area contributed by atoms with Gasteiger partial charge in [-0.05, 0) is 65.3 Å². The number of amides is 2. The molecular weight excluding hydrogens is 448 g/mol. The molecule has 11 heteroatoms. The lowest BCUT2D eigenvalue weighted by molar-refractivity contribution is 0.0427. The Morgan fingerprint density at radius 1 is 0.969 bits per heavy atom. The van der Waals surface area contributed by atoms with Crippen molar-refractivity contribution in [1.29, 1.82) is 0 Å². The first kappa shape index (κ1) is 25.3. The van der Waals surface area contributed by atoms with Crippen LogP contribution in [0, 0.1) is 11.6 Å². The Labute approximate surface area is 189 Å². The van der Waals surface area contributed by atoms with Crippen LogP contribution in [0.2, 0.25) is 5.28 Å². The first-order valence-electron chi connectivity index (χ1n) is 9.46. The molecule has 0 aliphatic heterocycles. The minimum absolute atomic E-state index is 0.192. The van der Waals surface area contributed by atoms with Gasteiger partial charge in [-0.15, -0.1) is 0 Å². The van der Waals surface area contributed by atoms with Crippen molar-refractivity contribution in [1.82, 2.24) is 9.97 Å². The highest BCUT2D eigenvalue weighted by molar-refractivity contribution is 6.28. The van der Waals surface area contributed by atoms with Crippen LogP contribution < -0.4 is 9.64 Å². The van der Waals surface area contributed by atoms with Crippen molar-refractivity contribution in [3.8, 4) is 17.0 Å². The third-order valence-electron chi connectivity index (χ3n) is 3.57. The van der Waals surface area contributed by atoms with Gasteiger partial charge in [0.25, 0.3) is 0 Å². The van der Waals surface area contributed by atoms with Crippen molar-refractivity contribution < 1.29 is 32.6 Å². The van der Waals surface area contributed by atoms with E-state index in [1.807, 2.05) is 0 Å². The van der Waals surface area contributed by atoms with Crippen molar-refractivity contribution >= 4 is 29.6 Å². The summed E-state index contributed by atoms with van der Waals surface area (Å²) in [5.41, 5.74) is -2.36. The van der Waals surface area contributed by atoms with E-state index in [4.69, 9.17) is 25.8 Å². The lowest BCUT2D eigenvalue weighted by Crippen LogP contribution is -2.44. The Morgan fingerprint density at radius 3 is 1.94 bits per heavy atom. The van der Waals surface area contributed by atoms with Gasteiger partial charge in [-0.1, -0.05) is 0 Å². The molecule has 1 aromatic carbocycles. The van der Waals surface area contributed by atoms with Gasteiger partial charge in [-0.2, -0.15) is 9.88 Å². The van der Waals surface area contributed by atoms with E-state index >= 15 is 0 Å². The first-order valence-corrected chi connectivity index (χ1v) is 9.84. The Bertz CT molecular complexity index is 1010. The fourth-order valence-corrected chi connectivity index (χ4v) is 2.64. The molecular formula is C21H24ClF2N3O5. The number of rotatable bonds is 3. The van der Waals surface area contributed by atoms with E-state index in [1.54, 1.807) is 41.5 Å². The van der Waals surface area contributed by atoms with Crippen molar-refractivity contribution in [3.63, 3.8) is 0 Å². The molecule has 174 valence electrons. The Morgan fingerprint density at radius 2 is 1.50 bits per heavy atom. The fraction of sp³-hybridized carbons (Fsp3) is 0.429. The van der Waals surface area contributed by atoms with Crippen molar-refractivity contribution in [2.75, 3.05) is 12.0 Å². The number of hydrogen-bond acceptors (Lipinski definition) is 7. The predicted octanol–water partition coefficient (Wildman–Crippen LogP) is 5.76. The maximum Gasteiger partial charge on any atom is 0.425 e. The smallest absolute Gasteiger partial charge is 0.425 e.